The zero-order chi connectivity index (χ0) is 20.5. The van der Waals surface area contributed by atoms with Gasteiger partial charge in [-0.2, -0.15) is 5.26 Å². The lowest BCUT2D eigenvalue weighted by Gasteiger charge is -2.44. The van der Waals surface area contributed by atoms with Crippen molar-refractivity contribution in [3.05, 3.63) is 69.2 Å². The van der Waals surface area contributed by atoms with Crippen molar-refractivity contribution in [1.29, 1.82) is 5.26 Å². The van der Waals surface area contributed by atoms with Gasteiger partial charge in [0.2, 0.25) is 0 Å². The van der Waals surface area contributed by atoms with E-state index in [0.717, 1.165) is 26.7 Å². The van der Waals surface area contributed by atoms with Gasteiger partial charge in [-0.15, -0.1) is 0 Å². The minimum atomic E-state index is -2.20. The maximum absolute atomic E-state index is 10.5. The fraction of sp³-hybridized carbons (Fsp3) is 0.435. The van der Waals surface area contributed by atoms with Crippen molar-refractivity contribution >= 4 is 24.2 Å². The molecule has 0 aliphatic rings. The largest absolute Gasteiger partial charge is 0.395 e. The molecule has 27 heavy (non-hydrogen) atoms. The SMILES string of the molecule is Cc1cccc(C)c1C(C#N)(Cc1ccccc1Br)O[Si](C)(C)C(C)(C)C. The van der Waals surface area contributed by atoms with Gasteiger partial charge in [-0.1, -0.05) is 73.1 Å². The van der Waals surface area contributed by atoms with Crippen LogP contribution < -0.4 is 0 Å². The molecule has 1 unspecified atom stereocenters. The molecule has 0 radical (unpaired) electrons. The van der Waals surface area contributed by atoms with Gasteiger partial charge in [-0.25, -0.2) is 0 Å². The molecule has 0 bridgehead atoms. The van der Waals surface area contributed by atoms with Crippen molar-refractivity contribution in [3.63, 3.8) is 0 Å². The summed E-state index contributed by atoms with van der Waals surface area (Å²) < 4.78 is 7.91. The van der Waals surface area contributed by atoms with E-state index in [1.165, 1.54) is 0 Å². The Labute approximate surface area is 173 Å². The summed E-state index contributed by atoms with van der Waals surface area (Å²) in [4.78, 5) is 0. The van der Waals surface area contributed by atoms with Gasteiger partial charge in [0.1, 0.15) is 6.07 Å². The van der Waals surface area contributed by atoms with Gasteiger partial charge in [0.15, 0.2) is 13.9 Å². The molecule has 0 N–H and O–H groups in total. The number of rotatable bonds is 5. The number of halogens is 1. The van der Waals surface area contributed by atoms with Crippen molar-refractivity contribution in [2.75, 3.05) is 0 Å². The molecule has 0 spiro atoms. The maximum Gasteiger partial charge on any atom is 0.194 e. The molecule has 1 atom stereocenters. The molecule has 0 saturated carbocycles. The average molecular weight is 444 g/mol. The third-order valence-electron chi connectivity index (χ3n) is 5.70. The minimum Gasteiger partial charge on any atom is -0.395 e. The second-order valence-corrected chi connectivity index (χ2v) is 14.4. The highest BCUT2D eigenvalue weighted by Gasteiger charge is 2.47. The van der Waals surface area contributed by atoms with Gasteiger partial charge in [-0.3, -0.25) is 0 Å². The highest BCUT2D eigenvalue weighted by molar-refractivity contribution is 9.10. The number of nitriles is 1. The summed E-state index contributed by atoms with van der Waals surface area (Å²) in [5.41, 5.74) is 3.28. The molecule has 0 aliphatic carbocycles. The van der Waals surface area contributed by atoms with E-state index in [0.29, 0.717) is 6.42 Å². The lowest BCUT2D eigenvalue weighted by atomic mass is 9.83. The van der Waals surface area contributed by atoms with Crippen LogP contribution in [-0.2, 0) is 16.4 Å². The zero-order valence-corrected chi connectivity index (χ0v) is 20.1. The topological polar surface area (TPSA) is 33.0 Å². The predicted molar refractivity (Wildman–Crippen MR) is 119 cm³/mol. The number of hydrogen-bond acceptors (Lipinski definition) is 2. The number of nitrogens with zero attached hydrogens (tertiary/aromatic N) is 1. The van der Waals surface area contributed by atoms with Crippen LogP contribution in [0.25, 0.3) is 0 Å². The highest BCUT2D eigenvalue weighted by Crippen LogP contribution is 2.44. The van der Waals surface area contributed by atoms with Crippen LogP contribution in [0.3, 0.4) is 0 Å². The van der Waals surface area contributed by atoms with E-state index in [1.54, 1.807) is 0 Å². The van der Waals surface area contributed by atoms with E-state index in [-0.39, 0.29) is 5.04 Å². The first-order chi connectivity index (χ1) is 12.4. The molecule has 0 fully saturated rings. The van der Waals surface area contributed by atoms with Crippen LogP contribution >= 0.6 is 15.9 Å². The fourth-order valence-corrected chi connectivity index (χ4v) is 5.07. The van der Waals surface area contributed by atoms with E-state index < -0.39 is 13.9 Å². The first-order valence-electron chi connectivity index (χ1n) is 9.35. The quantitative estimate of drug-likeness (QED) is 0.463. The van der Waals surface area contributed by atoms with Crippen LogP contribution in [0.2, 0.25) is 18.1 Å². The summed E-state index contributed by atoms with van der Waals surface area (Å²) in [6.07, 6.45) is 0.517. The maximum atomic E-state index is 10.5. The second kappa shape index (κ2) is 7.91. The van der Waals surface area contributed by atoms with Gasteiger partial charge in [0.25, 0.3) is 0 Å². The summed E-state index contributed by atoms with van der Waals surface area (Å²) >= 11 is 3.65. The minimum absolute atomic E-state index is 0.0135. The molecule has 0 aromatic heterocycles. The Morgan fingerprint density at radius 3 is 2.04 bits per heavy atom. The van der Waals surface area contributed by atoms with Crippen molar-refractivity contribution < 1.29 is 4.43 Å². The number of aryl methyl sites for hydroxylation is 2. The Morgan fingerprint density at radius 2 is 1.56 bits per heavy atom. The summed E-state index contributed by atoms with van der Waals surface area (Å²) in [6.45, 7) is 15.2. The number of hydrogen-bond donors (Lipinski definition) is 0. The van der Waals surface area contributed by atoms with Crippen LogP contribution in [-0.4, -0.2) is 8.32 Å². The normalized spacial score (nSPS) is 14.5. The molecule has 0 amide bonds. The molecule has 0 heterocycles. The molecular weight excluding hydrogens is 414 g/mol. The predicted octanol–water partition coefficient (Wildman–Crippen LogP) is 7.05. The highest BCUT2D eigenvalue weighted by atomic mass is 79.9. The standard InChI is InChI=1S/C23H30BrNOSi/c1-17-11-10-12-18(2)21(17)23(16-25,26-27(6,7)22(3,4)5)15-19-13-8-9-14-20(19)24/h8-14H,15H2,1-7H3. The van der Waals surface area contributed by atoms with Crippen LogP contribution in [0.5, 0.6) is 0 Å². The number of benzene rings is 2. The smallest absolute Gasteiger partial charge is 0.194 e. The molecular formula is C23H30BrNOSi. The fourth-order valence-electron chi connectivity index (χ4n) is 3.24. The van der Waals surface area contributed by atoms with Crippen molar-refractivity contribution in [3.8, 4) is 6.07 Å². The Balaban J connectivity index is 2.71. The molecule has 2 nitrogen and oxygen atoms in total. The van der Waals surface area contributed by atoms with Gasteiger partial charge >= 0.3 is 0 Å². The first-order valence-corrected chi connectivity index (χ1v) is 13.1. The Bertz CT molecular complexity index is 843. The lowest BCUT2D eigenvalue weighted by molar-refractivity contribution is 0.107. The molecule has 0 saturated heterocycles. The summed E-state index contributed by atoms with van der Waals surface area (Å²) in [5, 5.41) is 10.5. The van der Waals surface area contributed by atoms with E-state index in [1.807, 2.05) is 24.3 Å². The monoisotopic (exact) mass is 443 g/mol. The second-order valence-electron chi connectivity index (χ2n) is 8.84. The van der Waals surface area contributed by atoms with Crippen molar-refractivity contribution in [2.45, 2.75) is 64.8 Å². The van der Waals surface area contributed by atoms with E-state index in [4.69, 9.17) is 4.43 Å². The van der Waals surface area contributed by atoms with E-state index in [2.05, 4.69) is 87.9 Å². The van der Waals surface area contributed by atoms with Gasteiger partial charge in [-0.05, 0) is 54.7 Å². The van der Waals surface area contributed by atoms with Gasteiger partial charge < -0.3 is 4.43 Å². The van der Waals surface area contributed by atoms with Crippen molar-refractivity contribution in [1.82, 2.24) is 0 Å². The Hall–Kier alpha value is -1.41. The molecule has 2 aromatic rings. The molecule has 2 rings (SSSR count). The molecule has 2 aromatic carbocycles. The molecule has 0 aliphatic heterocycles. The van der Waals surface area contributed by atoms with Crippen molar-refractivity contribution in [2.24, 2.45) is 0 Å². The third kappa shape index (κ3) is 4.54. The Kier molecular flexibility index (Phi) is 6.41. The molecule has 4 heteroatoms. The summed E-state index contributed by atoms with van der Waals surface area (Å²) in [5.74, 6) is 0. The van der Waals surface area contributed by atoms with Crippen LogP contribution in [0, 0.1) is 25.2 Å². The average Bonchev–Trinajstić information content (AvgIpc) is 2.55. The molecule has 144 valence electrons. The van der Waals surface area contributed by atoms with Crippen LogP contribution in [0.15, 0.2) is 46.9 Å². The first kappa shape index (κ1) is 21.9. The van der Waals surface area contributed by atoms with Gasteiger partial charge in [0.05, 0.1) is 0 Å². The Morgan fingerprint density at radius 1 is 1.00 bits per heavy atom. The lowest BCUT2D eigenvalue weighted by Crippen LogP contribution is -2.49. The van der Waals surface area contributed by atoms with Gasteiger partial charge in [0, 0.05) is 16.5 Å². The summed E-state index contributed by atoms with van der Waals surface area (Å²) in [7, 11) is -2.20. The zero-order valence-electron chi connectivity index (χ0n) is 17.5. The van der Waals surface area contributed by atoms with Crippen LogP contribution in [0.4, 0.5) is 0 Å². The summed E-state index contributed by atoms with van der Waals surface area (Å²) in [6, 6.07) is 16.9. The van der Waals surface area contributed by atoms with Crippen LogP contribution in [0.1, 0.15) is 43.0 Å². The third-order valence-corrected chi connectivity index (χ3v) is 10.9. The van der Waals surface area contributed by atoms with E-state index in [9.17, 15) is 5.26 Å². The van der Waals surface area contributed by atoms with E-state index >= 15 is 0 Å².